The Morgan fingerprint density at radius 1 is 1.45 bits per heavy atom. The van der Waals surface area contributed by atoms with Crippen molar-refractivity contribution in [2.24, 2.45) is 0 Å². The molecule has 0 aromatic heterocycles. The first-order valence-corrected chi connectivity index (χ1v) is 6.62. The lowest BCUT2D eigenvalue weighted by Crippen LogP contribution is -2.50. The van der Waals surface area contributed by atoms with Crippen LogP contribution in [0.25, 0.3) is 0 Å². The summed E-state index contributed by atoms with van der Waals surface area (Å²) in [7, 11) is 1.45. The summed E-state index contributed by atoms with van der Waals surface area (Å²) in [4.78, 5) is 12.0. The second-order valence-corrected chi connectivity index (χ2v) is 5.07. The van der Waals surface area contributed by atoms with Gasteiger partial charge in [0.25, 0.3) is 0 Å². The van der Waals surface area contributed by atoms with Crippen molar-refractivity contribution in [1.29, 1.82) is 0 Å². The van der Waals surface area contributed by atoms with Crippen LogP contribution in [0.5, 0.6) is 5.75 Å². The SMILES string of the molecule is COc1ccc(F)cc1NC(=O)NC1(CO)CCCC1. The van der Waals surface area contributed by atoms with E-state index in [0.29, 0.717) is 5.75 Å². The van der Waals surface area contributed by atoms with Crippen LogP contribution in [0.1, 0.15) is 25.7 Å². The Kier molecular flexibility index (Phi) is 4.44. The molecule has 5 nitrogen and oxygen atoms in total. The number of amides is 2. The molecule has 110 valence electrons. The highest BCUT2D eigenvalue weighted by Crippen LogP contribution is 2.30. The first kappa shape index (κ1) is 14.6. The van der Waals surface area contributed by atoms with Crippen molar-refractivity contribution in [2.45, 2.75) is 31.2 Å². The molecule has 0 saturated heterocycles. The molecule has 2 amide bonds. The highest BCUT2D eigenvalue weighted by atomic mass is 19.1. The van der Waals surface area contributed by atoms with Crippen LogP contribution in [0.3, 0.4) is 0 Å². The molecule has 1 fully saturated rings. The minimum atomic E-state index is -0.565. The van der Waals surface area contributed by atoms with E-state index in [1.165, 1.54) is 25.3 Å². The Balaban J connectivity index is 2.06. The van der Waals surface area contributed by atoms with Gasteiger partial charge in [0.2, 0.25) is 0 Å². The summed E-state index contributed by atoms with van der Waals surface area (Å²) in [6.45, 7) is -0.0965. The quantitative estimate of drug-likeness (QED) is 0.793. The molecule has 6 heteroatoms. The zero-order chi connectivity index (χ0) is 14.6. The Morgan fingerprint density at radius 2 is 2.15 bits per heavy atom. The summed E-state index contributed by atoms with van der Waals surface area (Å²) in [6, 6.07) is 3.43. The molecule has 0 heterocycles. The number of aliphatic hydroxyl groups is 1. The number of urea groups is 1. The maximum atomic E-state index is 13.2. The third-order valence-electron chi connectivity index (χ3n) is 3.65. The zero-order valence-electron chi connectivity index (χ0n) is 11.4. The number of nitrogens with one attached hydrogen (secondary N) is 2. The second kappa shape index (κ2) is 6.09. The van der Waals surface area contributed by atoms with Gasteiger partial charge in [-0.15, -0.1) is 0 Å². The molecule has 1 saturated carbocycles. The number of carbonyl (C=O) groups is 1. The van der Waals surface area contributed by atoms with Crippen molar-refractivity contribution >= 4 is 11.7 Å². The van der Waals surface area contributed by atoms with Crippen molar-refractivity contribution < 1.29 is 19.0 Å². The molecule has 1 aromatic carbocycles. The van der Waals surface area contributed by atoms with Crippen molar-refractivity contribution in [2.75, 3.05) is 19.0 Å². The largest absolute Gasteiger partial charge is 0.495 e. The van der Waals surface area contributed by atoms with E-state index < -0.39 is 17.4 Å². The lowest BCUT2D eigenvalue weighted by atomic mass is 9.99. The van der Waals surface area contributed by atoms with Gasteiger partial charge in [0.15, 0.2) is 0 Å². The number of methoxy groups -OCH3 is 1. The fourth-order valence-corrected chi connectivity index (χ4v) is 2.55. The van der Waals surface area contributed by atoms with Crippen LogP contribution in [-0.4, -0.2) is 30.4 Å². The van der Waals surface area contributed by atoms with E-state index in [2.05, 4.69) is 10.6 Å². The van der Waals surface area contributed by atoms with Gasteiger partial charge in [-0.3, -0.25) is 0 Å². The molecule has 0 bridgehead atoms. The maximum Gasteiger partial charge on any atom is 0.319 e. The first-order chi connectivity index (χ1) is 9.58. The molecule has 0 atom stereocenters. The minimum Gasteiger partial charge on any atom is -0.495 e. The number of carbonyl (C=O) groups excluding carboxylic acids is 1. The number of ether oxygens (including phenoxy) is 1. The number of hydrogen-bond acceptors (Lipinski definition) is 3. The van der Waals surface area contributed by atoms with Crippen LogP contribution < -0.4 is 15.4 Å². The van der Waals surface area contributed by atoms with Crippen LogP contribution in [-0.2, 0) is 0 Å². The maximum absolute atomic E-state index is 13.2. The fourth-order valence-electron chi connectivity index (χ4n) is 2.55. The molecular formula is C14H19FN2O3. The summed E-state index contributed by atoms with van der Waals surface area (Å²) in [5, 5.41) is 14.8. The highest BCUT2D eigenvalue weighted by molar-refractivity contribution is 5.91. The topological polar surface area (TPSA) is 70.6 Å². The van der Waals surface area contributed by atoms with Crippen LogP contribution >= 0.6 is 0 Å². The predicted molar refractivity (Wildman–Crippen MR) is 73.4 cm³/mol. The zero-order valence-corrected chi connectivity index (χ0v) is 11.4. The lowest BCUT2D eigenvalue weighted by molar-refractivity contribution is 0.167. The van der Waals surface area contributed by atoms with Crippen molar-refractivity contribution in [3.63, 3.8) is 0 Å². The summed E-state index contributed by atoms with van der Waals surface area (Å²) < 4.78 is 18.3. The van der Waals surface area contributed by atoms with Gasteiger partial charge in [-0.1, -0.05) is 12.8 Å². The molecule has 1 aliphatic carbocycles. The van der Waals surface area contributed by atoms with E-state index in [1.807, 2.05) is 0 Å². The normalized spacial score (nSPS) is 16.8. The van der Waals surface area contributed by atoms with Crippen molar-refractivity contribution in [3.05, 3.63) is 24.0 Å². The van der Waals surface area contributed by atoms with E-state index in [-0.39, 0.29) is 12.3 Å². The summed E-state index contributed by atoms with van der Waals surface area (Å²) in [6.07, 6.45) is 3.45. The highest BCUT2D eigenvalue weighted by Gasteiger charge is 2.34. The molecule has 0 aliphatic heterocycles. The smallest absolute Gasteiger partial charge is 0.319 e. The molecular weight excluding hydrogens is 263 g/mol. The van der Waals surface area contributed by atoms with E-state index in [0.717, 1.165) is 25.7 Å². The standard InChI is InChI=1S/C14H19FN2O3/c1-20-12-5-4-10(15)8-11(12)16-13(19)17-14(9-18)6-2-3-7-14/h4-5,8,18H,2-3,6-7,9H2,1H3,(H2,16,17,19). The Hall–Kier alpha value is -1.82. The first-order valence-electron chi connectivity index (χ1n) is 6.62. The van der Waals surface area contributed by atoms with Crippen molar-refractivity contribution in [3.8, 4) is 5.75 Å². The van der Waals surface area contributed by atoms with Crippen LogP contribution in [0.4, 0.5) is 14.9 Å². The van der Waals surface area contributed by atoms with Crippen molar-refractivity contribution in [1.82, 2.24) is 5.32 Å². The van der Waals surface area contributed by atoms with Gasteiger partial charge >= 0.3 is 6.03 Å². The molecule has 1 aliphatic rings. The number of halogens is 1. The summed E-state index contributed by atoms with van der Waals surface area (Å²) >= 11 is 0. The van der Waals surface area contributed by atoms with Gasteiger partial charge in [0.1, 0.15) is 11.6 Å². The van der Waals surface area contributed by atoms with E-state index >= 15 is 0 Å². The minimum absolute atomic E-state index is 0.0965. The van der Waals surface area contributed by atoms with Crippen LogP contribution in [0.15, 0.2) is 18.2 Å². The average molecular weight is 282 g/mol. The van der Waals surface area contributed by atoms with E-state index in [1.54, 1.807) is 0 Å². The number of anilines is 1. The molecule has 0 spiro atoms. The van der Waals surface area contributed by atoms with Gasteiger partial charge in [0.05, 0.1) is 24.9 Å². The van der Waals surface area contributed by atoms with Crippen LogP contribution in [0, 0.1) is 5.82 Å². The van der Waals surface area contributed by atoms with E-state index in [4.69, 9.17) is 4.74 Å². The van der Waals surface area contributed by atoms with Gasteiger partial charge in [-0.05, 0) is 25.0 Å². The number of aliphatic hydroxyl groups excluding tert-OH is 1. The number of hydrogen-bond donors (Lipinski definition) is 3. The predicted octanol–water partition coefficient (Wildman–Crippen LogP) is 2.26. The average Bonchev–Trinajstić information content (AvgIpc) is 2.88. The monoisotopic (exact) mass is 282 g/mol. The van der Waals surface area contributed by atoms with E-state index in [9.17, 15) is 14.3 Å². The summed E-state index contributed by atoms with van der Waals surface area (Å²) in [5.74, 6) is -0.0788. The molecule has 1 aromatic rings. The van der Waals surface area contributed by atoms with Gasteiger partial charge in [0, 0.05) is 6.07 Å². The Labute approximate surface area is 117 Å². The van der Waals surface area contributed by atoms with Gasteiger partial charge in [-0.2, -0.15) is 0 Å². The second-order valence-electron chi connectivity index (χ2n) is 5.07. The molecule has 0 unspecified atom stereocenters. The molecule has 2 rings (SSSR count). The van der Waals surface area contributed by atoms with Crippen LogP contribution in [0.2, 0.25) is 0 Å². The third kappa shape index (κ3) is 3.19. The lowest BCUT2D eigenvalue weighted by Gasteiger charge is -2.28. The summed E-state index contributed by atoms with van der Waals surface area (Å²) in [5.41, 5.74) is -0.305. The Morgan fingerprint density at radius 3 is 2.75 bits per heavy atom. The number of rotatable bonds is 4. The Bertz CT molecular complexity index is 487. The van der Waals surface area contributed by atoms with Gasteiger partial charge in [-0.25, -0.2) is 9.18 Å². The molecule has 3 N–H and O–H groups in total. The van der Waals surface area contributed by atoms with Gasteiger partial charge < -0.3 is 20.5 Å². The molecule has 0 radical (unpaired) electrons. The molecule has 20 heavy (non-hydrogen) atoms. The fraction of sp³-hybridized carbons (Fsp3) is 0.500. The number of benzene rings is 1. The third-order valence-corrected chi connectivity index (χ3v) is 3.65.